The van der Waals surface area contributed by atoms with Crippen LogP contribution in [0, 0.1) is 40.4 Å². The molecule has 0 aromatic carbocycles. The normalized spacial score (nSPS) is 53.3. The highest BCUT2D eigenvalue weighted by atomic mass is 16.3. The van der Waals surface area contributed by atoms with Crippen LogP contribution in [0.4, 0.5) is 0 Å². The van der Waals surface area contributed by atoms with E-state index in [0.717, 1.165) is 44.8 Å². The van der Waals surface area contributed by atoms with Crippen LogP contribution in [0.3, 0.4) is 0 Å². The number of rotatable bonds is 3. The van der Waals surface area contributed by atoms with Crippen molar-refractivity contribution in [3.05, 3.63) is 0 Å². The van der Waals surface area contributed by atoms with Crippen molar-refractivity contribution in [3.63, 3.8) is 0 Å². The molecule has 4 aliphatic carbocycles. The molecule has 5 nitrogen and oxygen atoms in total. The monoisotopic (exact) mass is 364 g/mol. The van der Waals surface area contributed by atoms with E-state index in [4.69, 9.17) is 0 Å². The summed E-state index contributed by atoms with van der Waals surface area (Å²) in [4.78, 5) is 24.6. The zero-order chi connectivity index (χ0) is 18.7. The van der Waals surface area contributed by atoms with Crippen LogP contribution in [0.15, 0.2) is 0 Å². The summed E-state index contributed by atoms with van der Waals surface area (Å²) in [5, 5.41) is 30.7. The molecule has 0 heterocycles. The van der Waals surface area contributed by atoms with Crippen molar-refractivity contribution in [2.75, 3.05) is 6.61 Å². The molecule has 4 saturated carbocycles. The number of carbonyl (C=O) groups excluding carboxylic acids is 2. The van der Waals surface area contributed by atoms with Crippen LogP contribution >= 0.6 is 0 Å². The van der Waals surface area contributed by atoms with Gasteiger partial charge in [-0.3, -0.25) is 4.79 Å². The number of aldehydes is 1. The van der Waals surface area contributed by atoms with Gasteiger partial charge >= 0.3 is 0 Å². The summed E-state index contributed by atoms with van der Waals surface area (Å²) in [6, 6.07) is 0. The van der Waals surface area contributed by atoms with Crippen molar-refractivity contribution in [3.8, 4) is 0 Å². The van der Waals surface area contributed by atoms with E-state index in [0.29, 0.717) is 18.8 Å². The van der Waals surface area contributed by atoms with Gasteiger partial charge in [-0.15, -0.1) is 0 Å². The van der Waals surface area contributed by atoms with Gasteiger partial charge in [0.25, 0.3) is 0 Å². The quantitative estimate of drug-likeness (QED) is 0.663. The number of hydrogen-bond acceptors (Lipinski definition) is 5. The van der Waals surface area contributed by atoms with Gasteiger partial charge in [0.1, 0.15) is 12.9 Å². The Bertz CT molecular complexity index is 591. The summed E-state index contributed by atoms with van der Waals surface area (Å²) in [5.41, 5.74) is -0.784. The Kier molecular flexibility index (Phi) is 4.56. The molecule has 146 valence electrons. The lowest BCUT2D eigenvalue weighted by atomic mass is 9.43. The number of fused-ring (bicyclic) bond motifs is 5. The summed E-state index contributed by atoms with van der Waals surface area (Å²) in [5.74, 6) is 0.294. The average molecular weight is 364 g/mol. The van der Waals surface area contributed by atoms with E-state index >= 15 is 0 Å². The van der Waals surface area contributed by atoms with E-state index in [1.54, 1.807) is 0 Å². The summed E-state index contributed by atoms with van der Waals surface area (Å²) >= 11 is 0. The lowest BCUT2D eigenvalue weighted by Crippen LogP contribution is -2.60. The molecule has 0 aliphatic heterocycles. The summed E-state index contributed by atoms with van der Waals surface area (Å²) in [6.07, 6.45) is 6.51. The molecule has 3 unspecified atom stereocenters. The summed E-state index contributed by atoms with van der Waals surface area (Å²) in [7, 11) is 0. The maximum atomic E-state index is 12.3. The summed E-state index contributed by atoms with van der Waals surface area (Å²) < 4.78 is 0. The van der Waals surface area contributed by atoms with Gasteiger partial charge in [-0.05, 0) is 80.5 Å². The minimum absolute atomic E-state index is 0.00960. The van der Waals surface area contributed by atoms with Gasteiger partial charge < -0.3 is 20.1 Å². The SMILES string of the molecule is C[C@]12CC[C@@H](O)C[C@H]1CC[C@H]1C3CC[C@H](C(=O)CO)C3(C=O)C[C@H](O)C12. The Morgan fingerprint density at radius 2 is 1.92 bits per heavy atom. The topological polar surface area (TPSA) is 94.8 Å². The molecule has 0 aromatic heterocycles. The first kappa shape index (κ1) is 18.6. The van der Waals surface area contributed by atoms with E-state index in [2.05, 4.69) is 6.92 Å². The van der Waals surface area contributed by atoms with Crippen LogP contribution in [0.5, 0.6) is 0 Å². The van der Waals surface area contributed by atoms with Gasteiger partial charge in [0.2, 0.25) is 0 Å². The molecule has 9 atom stereocenters. The summed E-state index contributed by atoms with van der Waals surface area (Å²) in [6.45, 7) is 1.76. The second kappa shape index (κ2) is 6.39. The molecule has 0 spiro atoms. The zero-order valence-corrected chi connectivity index (χ0v) is 15.6. The van der Waals surface area contributed by atoms with Gasteiger partial charge in [0.05, 0.1) is 12.2 Å². The third-order valence-electron chi connectivity index (χ3n) is 8.94. The highest BCUT2D eigenvalue weighted by Crippen LogP contribution is 2.67. The van der Waals surface area contributed by atoms with Crippen molar-refractivity contribution in [1.82, 2.24) is 0 Å². The largest absolute Gasteiger partial charge is 0.393 e. The van der Waals surface area contributed by atoms with Crippen LogP contribution in [0.25, 0.3) is 0 Å². The maximum Gasteiger partial charge on any atom is 0.162 e. The molecule has 0 radical (unpaired) electrons. The number of Topliss-reactive ketones (excluding diaryl/α,β-unsaturated/α-hetero) is 1. The van der Waals surface area contributed by atoms with E-state index in [-0.39, 0.29) is 35.1 Å². The molecular formula is C21H32O5. The molecule has 4 rings (SSSR count). The highest BCUT2D eigenvalue weighted by Gasteiger charge is 2.65. The standard InChI is InChI=1S/C21H32O5/c1-20-7-6-13(24)8-12(20)2-3-14-15-4-5-16(18(26)10-22)21(15,11-23)9-17(25)19(14)20/h11-17,19,22,24-25H,2-10H2,1H3/t12-,13-,14+,15?,16-,17+,19?,20+,21?/m1/s1. The molecule has 5 heteroatoms. The molecule has 3 N–H and O–H groups in total. The average Bonchev–Trinajstić information content (AvgIpc) is 3.00. The second-order valence-electron chi connectivity index (χ2n) is 9.76. The lowest BCUT2D eigenvalue weighted by molar-refractivity contribution is -0.182. The number of ketones is 1. The van der Waals surface area contributed by atoms with Gasteiger partial charge in [-0.1, -0.05) is 6.92 Å². The van der Waals surface area contributed by atoms with E-state index in [9.17, 15) is 24.9 Å². The molecule has 0 saturated heterocycles. The van der Waals surface area contributed by atoms with Crippen LogP contribution in [-0.4, -0.2) is 46.2 Å². The van der Waals surface area contributed by atoms with Crippen LogP contribution in [-0.2, 0) is 9.59 Å². The lowest BCUT2D eigenvalue weighted by Gasteiger charge is -2.61. The first-order valence-corrected chi connectivity index (χ1v) is 10.3. The van der Waals surface area contributed by atoms with Crippen molar-refractivity contribution >= 4 is 12.1 Å². The van der Waals surface area contributed by atoms with Gasteiger partial charge in [0, 0.05) is 11.3 Å². The number of aliphatic hydroxyl groups excluding tert-OH is 3. The molecule has 4 aliphatic rings. The van der Waals surface area contributed by atoms with Crippen LogP contribution in [0.2, 0.25) is 0 Å². The highest BCUT2D eigenvalue weighted by molar-refractivity contribution is 5.87. The molecular weight excluding hydrogens is 332 g/mol. The molecule has 26 heavy (non-hydrogen) atoms. The smallest absolute Gasteiger partial charge is 0.162 e. The van der Waals surface area contributed by atoms with E-state index in [1.807, 2.05) is 0 Å². The Hall–Kier alpha value is -0.780. The number of aliphatic hydroxyl groups is 3. The Labute approximate surface area is 155 Å². The fourth-order valence-corrected chi connectivity index (χ4v) is 7.85. The van der Waals surface area contributed by atoms with Crippen molar-refractivity contribution in [2.45, 2.75) is 70.5 Å². The molecule has 0 aromatic rings. The third-order valence-corrected chi connectivity index (χ3v) is 8.94. The first-order chi connectivity index (χ1) is 12.4. The predicted octanol–water partition coefficient (Wildman–Crippen LogP) is 1.72. The van der Waals surface area contributed by atoms with E-state index < -0.39 is 24.0 Å². The molecule has 0 amide bonds. The fraction of sp³-hybridized carbons (Fsp3) is 0.905. The predicted molar refractivity (Wildman–Crippen MR) is 95.1 cm³/mol. The minimum atomic E-state index is -0.794. The third kappa shape index (κ3) is 2.39. The number of hydrogen-bond donors (Lipinski definition) is 3. The van der Waals surface area contributed by atoms with Crippen molar-refractivity contribution in [2.24, 2.45) is 40.4 Å². The van der Waals surface area contributed by atoms with Crippen LogP contribution < -0.4 is 0 Å². The Morgan fingerprint density at radius 1 is 1.15 bits per heavy atom. The minimum Gasteiger partial charge on any atom is -0.393 e. The van der Waals surface area contributed by atoms with E-state index in [1.165, 1.54) is 0 Å². The van der Waals surface area contributed by atoms with Gasteiger partial charge in [-0.2, -0.15) is 0 Å². The zero-order valence-electron chi connectivity index (χ0n) is 15.6. The first-order valence-electron chi connectivity index (χ1n) is 10.3. The second-order valence-corrected chi connectivity index (χ2v) is 9.76. The maximum absolute atomic E-state index is 12.3. The van der Waals surface area contributed by atoms with Gasteiger partial charge in [-0.25, -0.2) is 0 Å². The number of carbonyl (C=O) groups is 2. The Morgan fingerprint density at radius 3 is 2.62 bits per heavy atom. The van der Waals surface area contributed by atoms with Gasteiger partial charge in [0.15, 0.2) is 5.78 Å². The molecule has 4 fully saturated rings. The van der Waals surface area contributed by atoms with Crippen LogP contribution in [0.1, 0.15) is 58.3 Å². The van der Waals surface area contributed by atoms with Crippen molar-refractivity contribution < 1.29 is 24.9 Å². The fourth-order valence-electron chi connectivity index (χ4n) is 7.85. The molecule has 0 bridgehead atoms. The van der Waals surface area contributed by atoms with Crippen molar-refractivity contribution in [1.29, 1.82) is 0 Å². The Balaban J connectivity index is 1.69.